The molecule has 1 heterocycles. The van der Waals surface area contributed by atoms with Crippen LogP contribution in [0.3, 0.4) is 0 Å². The van der Waals surface area contributed by atoms with E-state index in [9.17, 15) is 0 Å². The van der Waals surface area contributed by atoms with Crippen LogP contribution in [0.15, 0.2) is 23.2 Å². The summed E-state index contributed by atoms with van der Waals surface area (Å²) < 4.78 is 0. The minimum atomic E-state index is 0. The van der Waals surface area contributed by atoms with Crippen molar-refractivity contribution in [1.82, 2.24) is 4.98 Å². The van der Waals surface area contributed by atoms with Gasteiger partial charge in [0, 0.05) is 10.6 Å². The fourth-order valence-electron chi connectivity index (χ4n) is 2.45. The molecule has 126 valence electrons. The van der Waals surface area contributed by atoms with Gasteiger partial charge in [0.15, 0.2) is 5.96 Å². The van der Waals surface area contributed by atoms with Crippen molar-refractivity contribution >= 4 is 47.0 Å². The van der Waals surface area contributed by atoms with E-state index in [4.69, 9.17) is 5.73 Å². The fourth-order valence-corrected chi connectivity index (χ4v) is 3.31. The maximum atomic E-state index is 6.08. The highest BCUT2D eigenvalue weighted by molar-refractivity contribution is 14.0. The summed E-state index contributed by atoms with van der Waals surface area (Å²) in [6.45, 7) is 8.90. The molecule has 0 amide bonds. The summed E-state index contributed by atoms with van der Waals surface area (Å²) in [7, 11) is 0. The van der Waals surface area contributed by atoms with Gasteiger partial charge in [-0.25, -0.2) is 9.98 Å². The molecule has 23 heavy (non-hydrogen) atoms. The number of nitrogens with two attached hydrogens (primary N) is 1. The highest BCUT2D eigenvalue weighted by Gasteiger charge is 2.08. The van der Waals surface area contributed by atoms with Crippen LogP contribution in [0.1, 0.15) is 40.6 Å². The third-order valence-corrected chi connectivity index (χ3v) is 4.70. The number of para-hydroxylation sites is 1. The summed E-state index contributed by atoms with van der Waals surface area (Å²) in [6, 6.07) is 6.36. The van der Waals surface area contributed by atoms with Gasteiger partial charge in [0.25, 0.3) is 0 Å². The van der Waals surface area contributed by atoms with E-state index in [0.29, 0.717) is 12.5 Å². The molecule has 3 N–H and O–H groups in total. The monoisotopic (exact) mass is 444 g/mol. The van der Waals surface area contributed by atoms with Crippen molar-refractivity contribution in [3.8, 4) is 0 Å². The van der Waals surface area contributed by atoms with Crippen molar-refractivity contribution in [3.05, 3.63) is 44.9 Å². The lowest BCUT2D eigenvalue weighted by Gasteiger charge is -2.14. The minimum Gasteiger partial charge on any atom is -0.370 e. The number of aliphatic imine (C=N–C) groups is 1. The van der Waals surface area contributed by atoms with Gasteiger partial charge in [-0.15, -0.1) is 35.3 Å². The predicted octanol–water partition coefficient (Wildman–Crippen LogP) is 4.43. The van der Waals surface area contributed by atoms with Crippen molar-refractivity contribution in [2.24, 2.45) is 10.7 Å². The molecule has 0 fully saturated rings. The lowest BCUT2D eigenvalue weighted by atomic mass is 10.0. The molecule has 0 radical (unpaired) electrons. The molecule has 0 aliphatic rings. The summed E-state index contributed by atoms with van der Waals surface area (Å²) in [4.78, 5) is 10.1. The van der Waals surface area contributed by atoms with Crippen LogP contribution in [0.2, 0.25) is 0 Å². The molecule has 1 aromatic carbocycles. The van der Waals surface area contributed by atoms with Crippen molar-refractivity contribution in [3.63, 3.8) is 0 Å². The highest BCUT2D eigenvalue weighted by Crippen LogP contribution is 2.22. The number of halogens is 1. The Labute approximate surface area is 159 Å². The summed E-state index contributed by atoms with van der Waals surface area (Å²) in [5, 5.41) is 4.36. The van der Waals surface area contributed by atoms with E-state index >= 15 is 0 Å². The largest absolute Gasteiger partial charge is 0.370 e. The molecule has 0 bridgehead atoms. The van der Waals surface area contributed by atoms with Gasteiger partial charge < -0.3 is 11.1 Å². The van der Waals surface area contributed by atoms with Gasteiger partial charge in [-0.1, -0.05) is 32.0 Å². The number of aryl methyl sites for hydroxylation is 4. The number of thiazole rings is 1. The summed E-state index contributed by atoms with van der Waals surface area (Å²) in [5.74, 6) is 0.459. The van der Waals surface area contributed by atoms with Gasteiger partial charge in [0.1, 0.15) is 0 Å². The molecule has 2 rings (SSSR count). The van der Waals surface area contributed by atoms with E-state index in [1.54, 1.807) is 11.3 Å². The Morgan fingerprint density at radius 1 is 1.22 bits per heavy atom. The Morgan fingerprint density at radius 3 is 2.30 bits per heavy atom. The van der Waals surface area contributed by atoms with Crippen molar-refractivity contribution in [2.45, 2.75) is 47.1 Å². The molecule has 0 atom stereocenters. The number of hydrogen-bond acceptors (Lipinski definition) is 3. The zero-order valence-electron chi connectivity index (χ0n) is 14.1. The first-order valence-electron chi connectivity index (χ1n) is 7.65. The molecule has 4 nitrogen and oxygen atoms in total. The quantitative estimate of drug-likeness (QED) is 0.408. The maximum absolute atomic E-state index is 6.08. The van der Waals surface area contributed by atoms with Crippen LogP contribution >= 0.6 is 35.3 Å². The zero-order chi connectivity index (χ0) is 16.1. The third-order valence-electron chi connectivity index (χ3n) is 3.64. The Hall–Kier alpha value is -1.15. The number of guanidine groups is 1. The summed E-state index contributed by atoms with van der Waals surface area (Å²) >= 11 is 1.68. The average Bonchev–Trinajstić information content (AvgIpc) is 2.83. The SMILES string of the molecule is CCc1cccc(CC)c1NC(N)=NCc1sc(C)nc1C.I. The number of nitrogens with one attached hydrogen (secondary N) is 1. The van der Waals surface area contributed by atoms with E-state index in [1.807, 2.05) is 13.8 Å². The lowest BCUT2D eigenvalue weighted by molar-refractivity contribution is 1.04. The molecule has 2 aromatic rings. The van der Waals surface area contributed by atoms with Crippen LogP contribution in [-0.2, 0) is 19.4 Å². The van der Waals surface area contributed by atoms with Gasteiger partial charge in [-0.05, 0) is 37.8 Å². The number of nitrogens with zero attached hydrogens (tertiary/aromatic N) is 2. The van der Waals surface area contributed by atoms with Gasteiger partial charge in [0.05, 0.1) is 17.2 Å². The van der Waals surface area contributed by atoms with E-state index in [0.717, 1.165) is 29.2 Å². The minimum absolute atomic E-state index is 0. The Morgan fingerprint density at radius 2 is 1.83 bits per heavy atom. The van der Waals surface area contributed by atoms with Crippen molar-refractivity contribution in [2.75, 3.05) is 5.32 Å². The molecular weight excluding hydrogens is 419 g/mol. The van der Waals surface area contributed by atoms with Gasteiger partial charge in [-0.3, -0.25) is 0 Å². The van der Waals surface area contributed by atoms with Crippen LogP contribution < -0.4 is 11.1 Å². The topological polar surface area (TPSA) is 63.3 Å². The Balaban J connectivity index is 0.00000264. The smallest absolute Gasteiger partial charge is 0.193 e. The second-order valence-electron chi connectivity index (χ2n) is 5.23. The fraction of sp³-hybridized carbons (Fsp3) is 0.412. The van der Waals surface area contributed by atoms with Crippen LogP contribution in [0, 0.1) is 13.8 Å². The Kier molecular flexibility index (Phi) is 7.98. The van der Waals surface area contributed by atoms with Crippen LogP contribution in [0.5, 0.6) is 0 Å². The van der Waals surface area contributed by atoms with Crippen molar-refractivity contribution in [1.29, 1.82) is 0 Å². The second kappa shape index (κ2) is 9.22. The second-order valence-corrected chi connectivity index (χ2v) is 6.51. The van der Waals surface area contributed by atoms with Crippen LogP contribution in [0.4, 0.5) is 5.69 Å². The predicted molar refractivity (Wildman–Crippen MR) is 111 cm³/mol. The third kappa shape index (κ3) is 5.17. The molecule has 0 unspecified atom stereocenters. The molecule has 0 aliphatic heterocycles. The van der Waals surface area contributed by atoms with Gasteiger partial charge in [-0.2, -0.15) is 0 Å². The number of benzene rings is 1. The standard InChI is InChI=1S/C17H24N4S.HI/c1-5-13-8-7-9-14(6-2)16(13)21-17(18)19-10-15-11(3)20-12(4)22-15;/h7-9H,5-6,10H2,1-4H3,(H3,18,19,21);1H. The molecule has 0 saturated carbocycles. The maximum Gasteiger partial charge on any atom is 0.193 e. The molecule has 0 spiro atoms. The first-order valence-corrected chi connectivity index (χ1v) is 8.47. The zero-order valence-corrected chi connectivity index (χ0v) is 17.3. The number of aromatic nitrogens is 1. The number of rotatable bonds is 5. The summed E-state index contributed by atoms with van der Waals surface area (Å²) in [6.07, 6.45) is 1.94. The highest BCUT2D eigenvalue weighted by atomic mass is 127. The molecule has 0 saturated heterocycles. The first-order chi connectivity index (χ1) is 10.5. The molecule has 0 aliphatic carbocycles. The van der Waals surface area contributed by atoms with E-state index < -0.39 is 0 Å². The molecular formula is C17H25IN4S. The number of anilines is 1. The lowest BCUT2D eigenvalue weighted by Crippen LogP contribution is -2.24. The van der Waals surface area contributed by atoms with E-state index in [2.05, 4.69) is 47.3 Å². The summed E-state index contributed by atoms with van der Waals surface area (Å²) in [5.41, 5.74) is 10.8. The van der Waals surface area contributed by atoms with E-state index in [-0.39, 0.29) is 24.0 Å². The van der Waals surface area contributed by atoms with Gasteiger partial charge in [0.2, 0.25) is 0 Å². The van der Waals surface area contributed by atoms with Crippen LogP contribution in [-0.4, -0.2) is 10.9 Å². The Bertz CT molecular complexity index is 657. The number of hydrogen-bond donors (Lipinski definition) is 2. The van der Waals surface area contributed by atoms with Gasteiger partial charge >= 0.3 is 0 Å². The molecule has 6 heteroatoms. The average molecular weight is 444 g/mol. The van der Waals surface area contributed by atoms with E-state index in [1.165, 1.54) is 16.0 Å². The molecule has 1 aromatic heterocycles. The normalized spacial score (nSPS) is 11.2. The van der Waals surface area contributed by atoms with Crippen LogP contribution in [0.25, 0.3) is 0 Å². The van der Waals surface area contributed by atoms with Crippen molar-refractivity contribution < 1.29 is 0 Å². The first kappa shape index (κ1) is 19.9.